The standard InChI is InChI=1S/C14H13N5O2/c1-8-3-5-11(14(21)15-8)16-13(20)10-4-6-12-18-17-9(2)19(12)7-10/h3-7H,1-2H3,(H,15,21)(H,16,20). The van der Waals surface area contributed by atoms with Crippen molar-refractivity contribution in [3.63, 3.8) is 0 Å². The van der Waals surface area contributed by atoms with Crippen LogP contribution < -0.4 is 10.9 Å². The topological polar surface area (TPSA) is 92.2 Å². The van der Waals surface area contributed by atoms with Crippen molar-refractivity contribution in [2.24, 2.45) is 0 Å². The second kappa shape index (κ2) is 4.86. The molecule has 1 amide bonds. The van der Waals surface area contributed by atoms with Gasteiger partial charge in [-0.25, -0.2) is 0 Å². The zero-order valence-corrected chi connectivity index (χ0v) is 11.5. The number of carbonyl (C=O) groups is 1. The van der Waals surface area contributed by atoms with Gasteiger partial charge in [-0.2, -0.15) is 0 Å². The number of pyridine rings is 2. The normalized spacial score (nSPS) is 10.8. The van der Waals surface area contributed by atoms with Gasteiger partial charge >= 0.3 is 0 Å². The van der Waals surface area contributed by atoms with Crippen molar-refractivity contribution in [2.75, 3.05) is 5.32 Å². The lowest BCUT2D eigenvalue weighted by atomic mass is 10.2. The Morgan fingerprint density at radius 3 is 2.76 bits per heavy atom. The van der Waals surface area contributed by atoms with E-state index in [9.17, 15) is 9.59 Å². The second-order valence-corrected chi connectivity index (χ2v) is 4.73. The molecular formula is C14H13N5O2. The molecule has 0 unspecified atom stereocenters. The maximum Gasteiger partial charge on any atom is 0.271 e. The number of H-pyrrole nitrogens is 1. The monoisotopic (exact) mass is 283 g/mol. The Balaban J connectivity index is 1.93. The number of anilines is 1. The molecule has 3 rings (SSSR count). The van der Waals surface area contributed by atoms with Crippen LogP contribution in [0.4, 0.5) is 5.69 Å². The van der Waals surface area contributed by atoms with E-state index in [4.69, 9.17) is 0 Å². The van der Waals surface area contributed by atoms with Gasteiger partial charge in [0.05, 0.1) is 5.56 Å². The van der Waals surface area contributed by atoms with Gasteiger partial charge in [0.25, 0.3) is 11.5 Å². The van der Waals surface area contributed by atoms with Gasteiger partial charge in [-0.3, -0.25) is 14.0 Å². The molecule has 0 spiro atoms. The molecule has 0 aliphatic carbocycles. The molecule has 21 heavy (non-hydrogen) atoms. The summed E-state index contributed by atoms with van der Waals surface area (Å²) in [5, 5.41) is 10.5. The Bertz CT molecular complexity index is 894. The van der Waals surface area contributed by atoms with Gasteiger partial charge in [-0.15, -0.1) is 10.2 Å². The van der Waals surface area contributed by atoms with Crippen LogP contribution >= 0.6 is 0 Å². The van der Waals surface area contributed by atoms with Crippen molar-refractivity contribution in [3.8, 4) is 0 Å². The minimum Gasteiger partial charge on any atom is -0.325 e. The summed E-state index contributed by atoms with van der Waals surface area (Å²) in [6.07, 6.45) is 1.64. The molecule has 0 aliphatic heterocycles. The summed E-state index contributed by atoms with van der Waals surface area (Å²) < 4.78 is 1.72. The number of hydrogen-bond donors (Lipinski definition) is 2. The summed E-state index contributed by atoms with van der Waals surface area (Å²) in [5.41, 5.74) is 1.71. The van der Waals surface area contributed by atoms with E-state index in [0.717, 1.165) is 5.69 Å². The van der Waals surface area contributed by atoms with Crippen molar-refractivity contribution in [2.45, 2.75) is 13.8 Å². The number of nitrogens with zero attached hydrogens (tertiary/aromatic N) is 3. The Labute approximate surface area is 119 Å². The summed E-state index contributed by atoms with van der Waals surface area (Å²) in [4.78, 5) is 26.6. The van der Waals surface area contributed by atoms with Crippen molar-refractivity contribution in [1.29, 1.82) is 0 Å². The quantitative estimate of drug-likeness (QED) is 0.741. The van der Waals surface area contributed by atoms with Crippen LogP contribution in [0.3, 0.4) is 0 Å². The number of fused-ring (bicyclic) bond motifs is 1. The Kier molecular flexibility index (Phi) is 3.02. The van der Waals surface area contributed by atoms with E-state index in [-0.39, 0.29) is 17.2 Å². The van der Waals surface area contributed by atoms with E-state index in [1.54, 1.807) is 48.7 Å². The molecule has 106 valence electrons. The second-order valence-electron chi connectivity index (χ2n) is 4.73. The highest BCUT2D eigenvalue weighted by molar-refractivity contribution is 6.04. The highest BCUT2D eigenvalue weighted by Gasteiger charge is 2.10. The lowest BCUT2D eigenvalue weighted by Gasteiger charge is -2.05. The van der Waals surface area contributed by atoms with E-state index in [0.29, 0.717) is 17.0 Å². The van der Waals surface area contributed by atoms with Gasteiger partial charge in [0, 0.05) is 11.9 Å². The molecule has 7 nitrogen and oxygen atoms in total. The number of aryl methyl sites for hydroxylation is 2. The molecule has 2 N–H and O–H groups in total. The van der Waals surface area contributed by atoms with Crippen LogP contribution in [-0.4, -0.2) is 25.5 Å². The fraction of sp³-hybridized carbons (Fsp3) is 0.143. The van der Waals surface area contributed by atoms with Crippen LogP contribution in [0.15, 0.2) is 35.3 Å². The molecule has 0 saturated heterocycles. The van der Waals surface area contributed by atoms with Crippen molar-refractivity contribution in [1.82, 2.24) is 19.6 Å². The third-order valence-electron chi connectivity index (χ3n) is 3.14. The lowest BCUT2D eigenvalue weighted by molar-refractivity contribution is 0.102. The zero-order chi connectivity index (χ0) is 15.0. The zero-order valence-electron chi connectivity index (χ0n) is 11.5. The largest absolute Gasteiger partial charge is 0.325 e. The molecule has 0 radical (unpaired) electrons. The van der Waals surface area contributed by atoms with E-state index < -0.39 is 0 Å². The average Bonchev–Trinajstić information content (AvgIpc) is 2.83. The molecule has 3 aromatic heterocycles. The highest BCUT2D eigenvalue weighted by Crippen LogP contribution is 2.09. The van der Waals surface area contributed by atoms with Crippen LogP contribution in [-0.2, 0) is 0 Å². The first-order valence-corrected chi connectivity index (χ1v) is 6.37. The van der Waals surface area contributed by atoms with E-state index in [1.165, 1.54) is 0 Å². The fourth-order valence-corrected chi connectivity index (χ4v) is 2.00. The van der Waals surface area contributed by atoms with Crippen LogP contribution in [0.25, 0.3) is 5.65 Å². The van der Waals surface area contributed by atoms with Crippen LogP contribution in [0.1, 0.15) is 21.9 Å². The first-order chi connectivity index (χ1) is 10.0. The van der Waals surface area contributed by atoms with E-state index in [1.807, 2.05) is 0 Å². The SMILES string of the molecule is Cc1ccc(NC(=O)c2ccc3nnc(C)n3c2)c(=O)[nH]1. The van der Waals surface area contributed by atoms with Gasteiger partial charge in [0.15, 0.2) is 5.65 Å². The van der Waals surface area contributed by atoms with Crippen molar-refractivity contribution in [3.05, 3.63) is 57.9 Å². The maximum absolute atomic E-state index is 12.2. The van der Waals surface area contributed by atoms with Gasteiger partial charge in [0.2, 0.25) is 0 Å². The molecule has 0 aliphatic rings. The summed E-state index contributed by atoms with van der Waals surface area (Å²) >= 11 is 0. The smallest absolute Gasteiger partial charge is 0.271 e. The van der Waals surface area contributed by atoms with Crippen LogP contribution in [0.2, 0.25) is 0 Å². The molecule has 0 fully saturated rings. The third-order valence-corrected chi connectivity index (χ3v) is 3.14. The maximum atomic E-state index is 12.2. The molecule has 3 heterocycles. The van der Waals surface area contributed by atoms with Gasteiger partial charge in [0.1, 0.15) is 11.5 Å². The molecule has 3 aromatic rings. The number of nitrogens with one attached hydrogen (secondary N) is 2. The Hall–Kier alpha value is -2.96. The molecule has 0 atom stereocenters. The first kappa shape index (κ1) is 13.0. The molecule has 7 heteroatoms. The predicted octanol–water partition coefficient (Wildman–Crippen LogP) is 1.29. The average molecular weight is 283 g/mol. The Morgan fingerprint density at radius 2 is 2.00 bits per heavy atom. The van der Waals surface area contributed by atoms with E-state index in [2.05, 4.69) is 20.5 Å². The minimum absolute atomic E-state index is 0.214. The number of rotatable bonds is 2. The molecular weight excluding hydrogens is 270 g/mol. The van der Waals surface area contributed by atoms with Gasteiger partial charge < -0.3 is 10.3 Å². The predicted molar refractivity (Wildman–Crippen MR) is 77.5 cm³/mol. The van der Waals surface area contributed by atoms with Crippen molar-refractivity contribution < 1.29 is 4.79 Å². The fourth-order valence-electron chi connectivity index (χ4n) is 2.00. The molecule has 0 bridgehead atoms. The van der Waals surface area contributed by atoms with E-state index >= 15 is 0 Å². The van der Waals surface area contributed by atoms with Gasteiger partial charge in [-0.1, -0.05) is 0 Å². The number of carbonyl (C=O) groups excluding carboxylic acids is 1. The highest BCUT2D eigenvalue weighted by atomic mass is 16.2. The van der Waals surface area contributed by atoms with Crippen LogP contribution in [0, 0.1) is 13.8 Å². The summed E-state index contributed by atoms with van der Waals surface area (Å²) in [6, 6.07) is 6.65. The number of hydrogen-bond acceptors (Lipinski definition) is 4. The lowest BCUT2D eigenvalue weighted by Crippen LogP contribution is -2.20. The summed E-state index contributed by atoms with van der Waals surface area (Å²) in [5.74, 6) is 0.326. The number of amides is 1. The third kappa shape index (κ3) is 2.40. The summed E-state index contributed by atoms with van der Waals surface area (Å²) in [6.45, 7) is 3.57. The van der Waals surface area contributed by atoms with Gasteiger partial charge in [-0.05, 0) is 38.1 Å². The molecule has 0 saturated carbocycles. The first-order valence-electron chi connectivity index (χ1n) is 6.37. The molecule has 0 aromatic carbocycles. The number of aromatic amines is 1. The Morgan fingerprint density at radius 1 is 1.19 bits per heavy atom. The van der Waals surface area contributed by atoms with Crippen molar-refractivity contribution >= 4 is 17.2 Å². The van der Waals surface area contributed by atoms with Crippen LogP contribution in [0.5, 0.6) is 0 Å². The number of aromatic nitrogens is 4. The summed E-state index contributed by atoms with van der Waals surface area (Å²) in [7, 11) is 0. The minimum atomic E-state index is -0.362.